The summed E-state index contributed by atoms with van der Waals surface area (Å²) in [6.45, 7) is 3.89. The van der Waals surface area contributed by atoms with Gasteiger partial charge in [0.15, 0.2) is 11.5 Å². The van der Waals surface area contributed by atoms with Gasteiger partial charge >= 0.3 is 0 Å². The van der Waals surface area contributed by atoms with Crippen LogP contribution in [-0.2, 0) is 4.79 Å². The second-order valence-electron chi connectivity index (χ2n) is 7.19. The number of hydrogen-bond donors (Lipinski definition) is 1. The lowest BCUT2D eigenvalue weighted by molar-refractivity contribution is -0.119. The van der Waals surface area contributed by atoms with E-state index in [0.717, 1.165) is 16.8 Å². The summed E-state index contributed by atoms with van der Waals surface area (Å²) in [6.07, 6.45) is 0. The highest BCUT2D eigenvalue weighted by molar-refractivity contribution is 6.03. The summed E-state index contributed by atoms with van der Waals surface area (Å²) in [5.74, 6) is -0.133. The third-order valence-corrected chi connectivity index (χ3v) is 5.23. The third-order valence-electron chi connectivity index (χ3n) is 5.23. The average Bonchev–Trinajstić information content (AvgIpc) is 3.29. The number of aryl methyl sites for hydroxylation is 1. The summed E-state index contributed by atoms with van der Waals surface area (Å²) >= 11 is 0. The van der Waals surface area contributed by atoms with Crippen molar-refractivity contribution < 1.29 is 14.1 Å². The van der Waals surface area contributed by atoms with Gasteiger partial charge < -0.3 is 9.84 Å². The first-order chi connectivity index (χ1) is 14.0. The van der Waals surface area contributed by atoms with Crippen molar-refractivity contribution in [2.24, 2.45) is 0 Å². The van der Waals surface area contributed by atoms with Crippen molar-refractivity contribution >= 4 is 17.5 Å². The number of hydrazine groups is 1. The maximum atomic E-state index is 13.0. The Kier molecular flexibility index (Phi) is 4.90. The van der Waals surface area contributed by atoms with Crippen LogP contribution in [-0.4, -0.2) is 41.1 Å². The number of amides is 2. The number of rotatable bonds is 4. The fourth-order valence-electron chi connectivity index (χ4n) is 3.40. The van der Waals surface area contributed by atoms with Gasteiger partial charge in [-0.1, -0.05) is 53.2 Å². The Balaban J connectivity index is 1.51. The maximum Gasteiger partial charge on any atom is 0.274 e. The van der Waals surface area contributed by atoms with Crippen molar-refractivity contribution in [1.29, 1.82) is 0 Å². The Morgan fingerprint density at radius 1 is 1.10 bits per heavy atom. The number of aromatic nitrogens is 1. The van der Waals surface area contributed by atoms with Crippen LogP contribution in [0.3, 0.4) is 0 Å². The Morgan fingerprint density at radius 3 is 2.48 bits per heavy atom. The van der Waals surface area contributed by atoms with Crippen molar-refractivity contribution in [3.8, 4) is 11.3 Å². The van der Waals surface area contributed by atoms with E-state index in [1.807, 2.05) is 80.5 Å². The van der Waals surface area contributed by atoms with E-state index >= 15 is 0 Å². The van der Waals surface area contributed by atoms with E-state index in [1.165, 1.54) is 0 Å². The smallest absolute Gasteiger partial charge is 0.274 e. The highest BCUT2D eigenvalue weighted by Gasteiger charge is 2.44. The van der Waals surface area contributed by atoms with Gasteiger partial charge in [-0.25, -0.2) is 10.0 Å². The molecule has 0 aliphatic carbocycles. The van der Waals surface area contributed by atoms with Gasteiger partial charge in [0, 0.05) is 18.7 Å². The zero-order valence-corrected chi connectivity index (χ0v) is 16.5. The van der Waals surface area contributed by atoms with Crippen LogP contribution in [0.5, 0.6) is 0 Å². The molecule has 1 saturated heterocycles. The number of nitrogens with one attached hydrogen (secondary N) is 1. The van der Waals surface area contributed by atoms with E-state index < -0.39 is 11.9 Å². The van der Waals surface area contributed by atoms with Crippen LogP contribution in [0.2, 0.25) is 0 Å². The van der Waals surface area contributed by atoms with Crippen LogP contribution >= 0.6 is 0 Å². The molecule has 0 radical (unpaired) electrons. The fraction of sp³-hybridized carbons (Fsp3) is 0.227. The molecule has 148 valence electrons. The van der Waals surface area contributed by atoms with Crippen LogP contribution < -0.4 is 10.3 Å². The van der Waals surface area contributed by atoms with Crippen molar-refractivity contribution in [3.63, 3.8) is 0 Å². The summed E-state index contributed by atoms with van der Waals surface area (Å²) in [4.78, 5) is 25.7. The molecule has 1 aliphatic rings. The highest BCUT2D eigenvalue weighted by atomic mass is 16.5. The zero-order chi connectivity index (χ0) is 20.5. The molecular weight excluding hydrogens is 368 g/mol. The molecular formula is C22H22N4O3. The van der Waals surface area contributed by atoms with Crippen molar-refractivity contribution in [1.82, 2.24) is 15.5 Å². The molecule has 1 aliphatic heterocycles. The average molecular weight is 390 g/mol. The standard InChI is InChI=1S/C22H22N4O3/c1-14-9-11-16(12-10-14)19-13-18(24-29-19)21(27)23-20-15(2)25(3)26(22(20)28)17-7-5-4-6-8-17/h4-13,15,20H,1-3H3,(H,23,27). The molecule has 7 nitrogen and oxygen atoms in total. The van der Waals surface area contributed by atoms with Gasteiger partial charge in [0.25, 0.3) is 11.8 Å². The first-order valence-corrected chi connectivity index (χ1v) is 9.42. The van der Waals surface area contributed by atoms with Crippen LogP contribution in [0.15, 0.2) is 65.2 Å². The SMILES string of the molecule is Cc1ccc(-c2cc(C(=O)NC3C(=O)N(c4ccccc4)N(C)C3C)no2)cc1. The van der Waals surface area contributed by atoms with E-state index in [2.05, 4.69) is 10.5 Å². The Hall–Kier alpha value is -3.45. The monoisotopic (exact) mass is 390 g/mol. The molecule has 1 fully saturated rings. The second kappa shape index (κ2) is 7.52. The molecule has 2 unspecified atom stereocenters. The number of benzene rings is 2. The number of nitrogens with zero attached hydrogens (tertiary/aromatic N) is 3. The van der Waals surface area contributed by atoms with Crippen LogP contribution in [0.4, 0.5) is 5.69 Å². The van der Waals surface area contributed by atoms with Gasteiger partial charge in [-0.05, 0) is 26.0 Å². The Bertz CT molecular complexity index is 1030. The minimum Gasteiger partial charge on any atom is -0.355 e. The van der Waals surface area contributed by atoms with Gasteiger partial charge in [-0.3, -0.25) is 9.59 Å². The number of anilines is 1. The summed E-state index contributed by atoms with van der Waals surface area (Å²) in [7, 11) is 1.83. The predicted octanol–water partition coefficient (Wildman–Crippen LogP) is 3.03. The summed E-state index contributed by atoms with van der Waals surface area (Å²) in [5, 5.41) is 10.1. The van der Waals surface area contributed by atoms with Crippen molar-refractivity contribution in [2.75, 3.05) is 12.1 Å². The van der Waals surface area contributed by atoms with Gasteiger partial charge in [0.1, 0.15) is 6.04 Å². The van der Waals surface area contributed by atoms with E-state index in [0.29, 0.717) is 5.76 Å². The summed E-state index contributed by atoms with van der Waals surface area (Å²) in [6, 6.07) is 17.8. The van der Waals surface area contributed by atoms with Crippen LogP contribution in [0, 0.1) is 6.92 Å². The molecule has 2 amide bonds. The van der Waals surface area contributed by atoms with Gasteiger partial charge in [-0.15, -0.1) is 0 Å². The molecule has 29 heavy (non-hydrogen) atoms. The number of hydrogen-bond acceptors (Lipinski definition) is 5. The van der Waals surface area contributed by atoms with Crippen molar-refractivity contribution in [3.05, 3.63) is 71.9 Å². The molecule has 2 heterocycles. The van der Waals surface area contributed by atoms with Crippen LogP contribution in [0.25, 0.3) is 11.3 Å². The molecule has 1 aromatic heterocycles. The lowest BCUT2D eigenvalue weighted by Gasteiger charge is -2.26. The minimum absolute atomic E-state index is 0.140. The molecule has 4 rings (SSSR count). The van der Waals surface area contributed by atoms with Gasteiger partial charge in [0.2, 0.25) is 0 Å². The van der Waals surface area contributed by atoms with E-state index in [1.54, 1.807) is 11.1 Å². The third kappa shape index (κ3) is 3.52. The minimum atomic E-state index is -0.688. The highest BCUT2D eigenvalue weighted by Crippen LogP contribution is 2.26. The molecule has 0 spiro atoms. The normalized spacial score (nSPS) is 19.6. The maximum absolute atomic E-state index is 13.0. The lowest BCUT2D eigenvalue weighted by atomic mass is 10.1. The molecule has 2 atom stereocenters. The van der Waals surface area contributed by atoms with Gasteiger partial charge in [-0.2, -0.15) is 0 Å². The van der Waals surface area contributed by atoms with Crippen LogP contribution in [0.1, 0.15) is 23.0 Å². The molecule has 7 heteroatoms. The lowest BCUT2D eigenvalue weighted by Crippen LogP contribution is -2.45. The largest absolute Gasteiger partial charge is 0.355 e. The summed E-state index contributed by atoms with van der Waals surface area (Å²) < 4.78 is 5.32. The van der Waals surface area contributed by atoms with E-state index in [-0.39, 0.29) is 17.6 Å². The summed E-state index contributed by atoms with van der Waals surface area (Å²) in [5.41, 5.74) is 2.86. The molecule has 1 N–H and O–H groups in total. The number of carbonyl (C=O) groups is 2. The Labute approximate surface area is 168 Å². The van der Waals surface area contributed by atoms with Crippen molar-refractivity contribution in [2.45, 2.75) is 25.9 Å². The zero-order valence-electron chi connectivity index (χ0n) is 16.5. The van der Waals surface area contributed by atoms with Gasteiger partial charge in [0.05, 0.1) is 11.7 Å². The van der Waals surface area contributed by atoms with E-state index in [4.69, 9.17) is 4.52 Å². The first kappa shape index (κ1) is 18.9. The number of carbonyl (C=O) groups excluding carboxylic acids is 2. The van der Waals surface area contributed by atoms with E-state index in [9.17, 15) is 9.59 Å². The second-order valence-corrected chi connectivity index (χ2v) is 7.19. The molecule has 3 aromatic rings. The molecule has 2 aromatic carbocycles. The fourth-order valence-corrected chi connectivity index (χ4v) is 3.40. The molecule has 0 saturated carbocycles. The topological polar surface area (TPSA) is 78.7 Å². The number of likely N-dealkylation sites (N-methyl/N-ethyl adjacent to an activating group) is 1. The predicted molar refractivity (Wildman–Crippen MR) is 109 cm³/mol. The quantitative estimate of drug-likeness (QED) is 0.741. The Morgan fingerprint density at radius 2 is 1.79 bits per heavy atom. The first-order valence-electron chi connectivity index (χ1n) is 9.42. The molecule has 0 bridgehead atoms. The number of para-hydroxylation sites is 1.